The van der Waals surface area contributed by atoms with Crippen molar-refractivity contribution < 1.29 is 18.0 Å². The summed E-state index contributed by atoms with van der Waals surface area (Å²) in [5.41, 5.74) is 3.94. The Morgan fingerprint density at radius 3 is 2.26 bits per heavy atom. The van der Waals surface area contributed by atoms with E-state index in [2.05, 4.69) is 5.32 Å². The molecule has 2 aromatic carbocycles. The summed E-state index contributed by atoms with van der Waals surface area (Å²) in [7, 11) is -1.11. The molecule has 1 atom stereocenters. The van der Waals surface area contributed by atoms with Gasteiger partial charge in [-0.1, -0.05) is 48.9 Å². The van der Waals surface area contributed by atoms with Gasteiger partial charge in [-0.05, 0) is 56.9 Å². The van der Waals surface area contributed by atoms with Crippen molar-refractivity contribution in [2.45, 2.75) is 53.6 Å². The Kier molecular flexibility index (Phi) is 9.85. The first-order chi connectivity index (χ1) is 16.4. The molecule has 8 nitrogen and oxygen atoms in total. The van der Waals surface area contributed by atoms with Crippen molar-refractivity contribution in [2.24, 2.45) is 0 Å². The zero-order valence-corrected chi connectivity index (χ0v) is 22.6. The van der Waals surface area contributed by atoms with Crippen molar-refractivity contribution in [3.63, 3.8) is 0 Å². The van der Waals surface area contributed by atoms with Crippen molar-refractivity contribution >= 4 is 27.7 Å². The Bertz CT molecular complexity index is 1150. The molecule has 192 valence electrons. The van der Waals surface area contributed by atoms with Crippen LogP contribution in [0.5, 0.6) is 0 Å². The highest BCUT2D eigenvalue weighted by atomic mass is 32.2. The van der Waals surface area contributed by atoms with Gasteiger partial charge < -0.3 is 10.2 Å². The predicted octanol–water partition coefficient (Wildman–Crippen LogP) is 3.17. The highest BCUT2D eigenvalue weighted by molar-refractivity contribution is 7.90. The third kappa shape index (κ3) is 7.29. The Labute approximate surface area is 210 Å². The van der Waals surface area contributed by atoms with Crippen LogP contribution >= 0.6 is 0 Å². The number of anilines is 1. The standard InChI is InChI=1S/C26H38N4O4S/c1-8-14-27-26(32)22(5)29(17-23-11-9-10-19(2)15-23)25(31)18-30(35(33,34)28(6)7)24-16-20(3)12-13-21(24)4/h9-13,15-16,22H,8,14,17-18H2,1-7H3,(H,27,32). The van der Waals surface area contributed by atoms with Crippen molar-refractivity contribution in [1.29, 1.82) is 0 Å². The van der Waals surface area contributed by atoms with Crippen LogP contribution in [0, 0.1) is 20.8 Å². The summed E-state index contributed by atoms with van der Waals surface area (Å²) >= 11 is 0. The number of carbonyl (C=O) groups excluding carboxylic acids is 2. The van der Waals surface area contributed by atoms with Gasteiger partial charge in [0.15, 0.2) is 0 Å². The summed E-state index contributed by atoms with van der Waals surface area (Å²) in [4.78, 5) is 28.0. The van der Waals surface area contributed by atoms with Crippen LogP contribution in [-0.4, -0.2) is 62.7 Å². The third-order valence-electron chi connectivity index (χ3n) is 5.80. The third-order valence-corrected chi connectivity index (χ3v) is 7.61. The van der Waals surface area contributed by atoms with Crippen LogP contribution in [0.4, 0.5) is 5.69 Å². The topological polar surface area (TPSA) is 90.0 Å². The molecule has 0 fully saturated rings. The van der Waals surface area contributed by atoms with Crippen molar-refractivity contribution in [3.05, 3.63) is 64.7 Å². The summed E-state index contributed by atoms with van der Waals surface area (Å²) in [5, 5.41) is 2.84. The highest BCUT2D eigenvalue weighted by Gasteiger charge is 2.33. The van der Waals surface area contributed by atoms with Crippen LogP contribution < -0.4 is 9.62 Å². The Morgan fingerprint density at radius 2 is 1.66 bits per heavy atom. The van der Waals surface area contributed by atoms with E-state index in [0.29, 0.717) is 12.2 Å². The molecule has 0 spiro atoms. The van der Waals surface area contributed by atoms with E-state index >= 15 is 0 Å². The maximum atomic E-state index is 13.7. The molecular weight excluding hydrogens is 464 g/mol. The van der Waals surface area contributed by atoms with Gasteiger partial charge in [0.2, 0.25) is 11.8 Å². The second-order valence-electron chi connectivity index (χ2n) is 9.06. The minimum atomic E-state index is -3.98. The number of carbonyl (C=O) groups is 2. The highest BCUT2D eigenvalue weighted by Crippen LogP contribution is 2.26. The Hall–Kier alpha value is -2.91. The summed E-state index contributed by atoms with van der Waals surface area (Å²) in [6, 6.07) is 12.4. The van der Waals surface area contributed by atoms with Gasteiger partial charge in [0.25, 0.3) is 0 Å². The number of aryl methyl sites for hydroxylation is 3. The lowest BCUT2D eigenvalue weighted by molar-refractivity contribution is -0.139. The maximum Gasteiger partial charge on any atom is 0.304 e. The van der Waals surface area contributed by atoms with E-state index in [9.17, 15) is 18.0 Å². The molecule has 0 aliphatic carbocycles. The fourth-order valence-electron chi connectivity index (χ4n) is 3.68. The molecule has 2 amide bonds. The van der Waals surface area contributed by atoms with Crippen LogP contribution in [0.2, 0.25) is 0 Å². The molecule has 0 heterocycles. The van der Waals surface area contributed by atoms with Crippen LogP contribution in [0.1, 0.15) is 42.5 Å². The largest absolute Gasteiger partial charge is 0.354 e. The van der Waals surface area contributed by atoms with E-state index < -0.39 is 28.7 Å². The van der Waals surface area contributed by atoms with E-state index in [1.165, 1.54) is 19.0 Å². The molecule has 0 aliphatic heterocycles. The van der Waals surface area contributed by atoms with Gasteiger partial charge in [0.05, 0.1) is 5.69 Å². The molecule has 9 heteroatoms. The monoisotopic (exact) mass is 502 g/mol. The average Bonchev–Trinajstić information content (AvgIpc) is 2.80. The first-order valence-corrected chi connectivity index (χ1v) is 13.2. The summed E-state index contributed by atoms with van der Waals surface area (Å²) in [5.74, 6) is -0.737. The summed E-state index contributed by atoms with van der Waals surface area (Å²) in [6.07, 6.45) is 0.770. The second kappa shape index (κ2) is 12.2. The number of rotatable bonds is 11. The number of nitrogens with zero attached hydrogens (tertiary/aromatic N) is 3. The summed E-state index contributed by atoms with van der Waals surface area (Å²) < 4.78 is 28.8. The van der Waals surface area contributed by atoms with E-state index in [0.717, 1.165) is 37.3 Å². The SMILES string of the molecule is CCCNC(=O)C(C)N(Cc1cccc(C)c1)C(=O)CN(c1cc(C)ccc1C)S(=O)(=O)N(C)C. The van der Waals surface area contributed by atoms with Gasteiger partial charge >= 0.3 is 10.2 Å². The van der Waals surface area contributed by atoms with E-state index in [-0.39, 0.29) is 12.5 Å². The number of hydrogen-bond acceptors (Lipinski definition) is 4. The molecule has 0 aromatic heterocycles. The molecule has 1 N–H and O–H groups in total. The average molecular weight is 503 g/mol. The minimum absolute atomic E-state index is 0.184. The molecule has 2 aromatic rings. The molecule has 0 radical (unpaired) electrons. The van der Waals surface area contributed by atoms with Crippen LogP contribution in [-0.2, 0) is 26.3 Å². The van der Waals surface area contributed by atoms with Crippen molar-refractivity contribution in [2.75, 3.05) is 31.5 Å². The molecule has 2 rings (SSSR count). The zero-order chi connectivity index (χ0) is 26.3. The van der Waals surface area contributed by atoms with E-state index in [4.69, 9.17) is 0 Å². The van der Waals surface area contributed by atoms with Gasteiger partial charge in [0, 0.05) is 27.2 Å². The number of nitrogens with one attached hydrogen (secondary N) is 1. The molecule has 0 saturated heterocycles. The van der Waals surface area contributed by atoms with Crippen LogP contribution in [0.3, 0.4) is 0 Å². The lowest BCUT2D eigenvalue weighted by Crippen LogP contribution is -2.52. The molecule has 1 unspecified atom stereocenters. The van der Waals surface area contributed by atoms with Gasteiger partial charge in [-0.3, -0.25) is 9.59 Å². The predicted molar refractivity (Wildman–Crippen MR) is 140 cm³/mol. The van der Waals surface area contributed by atoms with Gasteiger partial charge in [-0.2, -0.15) is 12.7 Å². The fourth-order valence-corrected chi connectivity index (χ4v) is 4.79. The number of amides is 2. The fraction of sp³-hybridized carbons (Fsp3) is 0.462. The molecule has 0 bridgehead atoms. The van der Waals surface area contributed by atoms with Gasteiger partial charge in [-0.25, -0.2) is 4.31 Å². The smallest absolute Gasteiger partial charge is 0.304 e. The summed E-state index contributed by atoms with van der Waals surface area (Å²) in [6.45, 7) is 9.51. The first kappa shape index (κ1) is 28.3. The molecule has 0 aliphatic rings. The van der Waals surface area contributed by atoms with Gasteiger partial charge in [-0.15, -0.1) is 0 Å². The quantitative estimate of drug-likeness (QED) is 0.511. The second-order valence-corrected chi connectivity index (χ2v) is 11.1. The first-order valence-electron chi connectivity index (χ1n) is 11.8. The molecule has 0 saturated carbocycles. The van der Waals surface area contributed by atoms with Crippen LogP contribution in [0.15, 0.2) is 42.5 Å². The Balaban J connectivity index is 2.49. The van der Waals surface area contributed by atoms with Crippen molar-refractivity contribution in [3.8, 4) is 0 Å². The maximum absolute atomic E-state index is 13.7. The van der Waals surface area contributed by atoms with E-state index in [1.807, 2.05) is 64.1 Å². The lowest BCUT2D eigenvalue weighted by atomic mass is 10.1. The minimum Gasteiger partial charge on any atom is -0.354 e. The number of benzene rings is 2. The molecular formula is C26H38N4O4S. The van der Waals surface area contributed by atoms with Crippen LogP contribution in [0.25, 0.3) is 0 Å². The lowest BCUT2D eigenvalue weighted by Gasteiger charge is -2.33. The van der Waals surface area contributed by atoms with Crippen molar-refractivity contribution in [1.82, 2.24) is 14.5 Å². The van der Waals surface area contributed by atoms with Gasteiger partial charge in [0.1, 0.15) is 12.6 Å². The number of hydrogen-bond donors (Lipinski definition) is 1. The Morgan fingerprint density at radius 1 is 1.00 bits per heavy atom. The normalized spacial score (nSPS) is 12.3. The zero-order valence-electron chi connectivity index (χ0n) is 21.8. The van der Waals surface area contributed by atoms with E-state index in [1.54, 1.807) is 13.0 Å². The molecule has 35 heavy (non-hydrogen) atoms.